The highest BCUT2D eigenvalue weighted by atomic mass is 16.2. The first-order chi connectivity index (χ1) is 12.2. The van der Waals surface area contributed by atoms with Gasteiger partial charge in [0.2, 0.25) is 0 Å². The van der Waals surface area contributed by atoms with Crippen molar-refractivity contribution in [3.8, 4) is 0 Å². The van der Waals surface area contributed by atoms with Crippen LogP contribution < -0.4 is 10.6 Å². The number of carbonyl (C=O) groups is 1. The lowest BCUT2D eigenvalue weighted by molar-refractivity contribution is 0.250. The van der Waals surface area contributed by atoms with E-state index in [0.717, 1.165) is 18.5 Å². The predicted octanol–water partition coefficient (Wildman–Crippen LogP) is 2.67. The number of hydrogen-bond acceptors (Lipinski definition) is 3. The van der Waals surface area contributed by atoms with E-state index in [0.29, 0.717) is 18.9 Å². The highest BCUT2D eigenvalue weighted by Gasteiger charge is 2.33. The van der Waals surface area contributed by atoms with Gasteiger partial charge in [-0.1, -0.05) is 48.5 Å². The van der Waals surface area contributed by atoms with Gasteiger partial charge >= 0.3 is 11.7 Å². The first-order valence-corrected chi connectivity index (χ1v) is 8.33. The Hall–Kier alpha value is -3.15. The fraction of sp³-hybridized carbons (Fsp3) is 0.211. The average molecular weight is 334 g/mol. The van der Waals surface area contributed by atoms with Crippen molar-refractivity contribution in [2.45, 2.75) is 25.9 Å². The molecule has 25 heavy (non-hydrogen) atoms. The van der Waals surface area contributed by atoms with Gasteiger partial charge in [0, 0.05) is 12.2 Å². The molecular formula is C19H18N4O2. The highest BCUT2D eigenvalue weighted by molar-refractivity contribution is 5.95. The molecule has 2 heterocycles. The number of rotatable bonds is 5. The second-order valence-corrected chi connectivity index (χ2v) is 6.05. The maximum atomic E-state index is 12.6. The monoisotopic (exact) mass is 334 g/mol. The maximum absolute atomic E-state index is 12.6. The van der Waals surface area contributed by atoms with E-state index < -0.39 is 0 Å². The van der Waals surface area contributed by atoms with Gasteiger partial charge in [-0.3, -0.25) is 4.90 Å². The first-order valence-electron chi connectivity index (χ1n) is 8.33. The van der Waals surface area contributed by atoms with Gasteiger partial charge in [-0.05, 0) is 30.5 Å². The van der Waals surface area contributed by atoms with Gasteiger partial charge in [0.25, 0.3) is 0 Å². The molecule has 0 unspecified atom stereocenters. The van der Waals surface area contributed by atoms with Gasteiger partial charge in [-0.15, -0.1) is 0 Å². The molecule has 1 aromatic heterocycles. The molecular weight excluding hydrogens is 316 g/mol. The summed E-state index contributed by atoms with van der Waals surface area (Å²) < 4.78 is 2.58. The van der Waals surface area contributed by atoms with Crippen LogP contribution in [0.2, 0.25) is 0 Å². The smallest absolute Gasteiger partial charge is 0.286 e. The minimum atomic E-state index is -0.355. The molecule has 1 aliphatic heterocycles. The van der Waals surface area contributed by atoms with E-state index in [1.54, 1.807) is 4.90 Å². The molecule has 0 radical (unpaired) electrons. The summed E-state index contributed by atoms with van der Waals surface area (Å²) in [4.78, 5) is 26.6. The van der Waals surface area contributed by atoms with Crippen LogP contribution in [0, 0.1) is 0 Å². The number of para-hydroxylation sites is 1. The molecule has 0 fully saturated rings. The van der Waals surface area contributed by atoms with E-state index in [1.807, 2.05) is 48.5 Å². The summed E-state index contributed by atoms with van der Waals surface area (Å²) in [5.41, 5.74) is 1.65. The van der Waals surface area contributed by atoms with Gasteiger partial charge < -0.3 is 0 Å². The summed E-state index contributed by atoms with van der Waals surface area (Å²) in [5.74, 6) is 0.499. The second kappa shape index (κ2) is 6.39. The van der Waals surface area contributed by atoms with Crippen molar-refractivity contribution in [1.82, 2.24) is 14.3 Å². The number of carbonyl (C=O) groups excluding carboxylic acids is 1. The van der Waals surface area contributed by atoms with Crippen LogP contribution in [-0.4, -0.2) is 20.4 Å². The van der Waals surface area contributed by atoms with E-state index in [9.17, 15) is 9.59 Å². The molecule has 1 aliphatic rings. The van der Waals surface area contributed by atoms with Crippen molar-refractivity contribution >= 4 is 11.7 Å². The van der Waals surface area contributed by atoms with E-state index in [-0.39, 0.29) is 11.7 Å². The topological polar surface area (TPSA) is 60.1 Å². The molecule has 6 heteroatoms. The summed E-state index contributed by atoms with van der Waals surface area (Å²) in [6.45, 7) is 0.829. The fourth-order valence-electron chi connectivity index (χ4n) is 3.11. The largest absolute Gasteiger partial charge is 0.354 e. The summed E-state index contributed by atoms with van der Waals surface area (Å²) in [5, 5.41) is 4.35. The van der Waals surface area contributed by atoms with Crippen molar-refractivity contribution < 1.29 is 4.79 Å². The molecule has 0 spiro atoms. The van der Waals surface area contributed by atoms with Gasteiger partial charge in [0.15, 0.2) is 5.82 Å². The van der Waals surface area contributed by atoms with Gasteiger partial charge in [0.05, 0.1) is 6.54 Å². The van der Waals surface area contributed by atoms with Crippen LogP contribution in [0.5, 0.6) is 0 Å². The predicted molar refractivity (Wildman–Crippen MR) is 94.7 cm³/mol. The maximum Gasteiger partial charge on any atom is 0.354 e. The fourth-order valence-corrected chi connectivity index (χ4v) is 3.11. The van der Waals surface area contributed by atoms with Gasteiger partial charge in [-0.2, -0.15) is 9.67 Å². The van der Waals surface area contributed by atoms with Crippen molar-refractivity contribution in [3.05, 3.63) is 82.5 Å². The van der Waals surface area contributed by atoms with Crippen LogP contribution in [-0.2, 0) is 19.5 Å². The number of aromatic nitrogens is 3. The number of hydrogen-bond donors (Lipinski definition) is 0. The zero-order valence-corrected chi connectivity index (χ0v) is 13.7. The van der Waals surface area contributed by atoms with Crippen molar-refractivity contribution in [2.24, 2.45) is 0 Å². The standard InChI is InChI=1S/C19H18N4O2/c24-18-21(16-11-5-2-6-12-16)14-17-20-22(19(25)23(17)18)13-7-10-15-8-3-1-4-9-15/h1-6,8-9,11-12H,7,10,13-14H2. The Morgan fingerprint density at radius 1 is 0.920 bits per heavy atom. The lowest BCUT2D eigenvalue weighted by atomic mass is 10.1. The molecule has 0 atom stereocenters. The normalized spacial score (nSPS) is 13.3. The van der Waals surface area contributed by atoms with Crippen LogP contribution in [0.15, 0.2) is 65.5 Å². The Labute approximate surface area is 144 Å². The van der Waals surface area contributed by atoms with Crippen molar-refractivity contribution in [3.63, 3.8) is 0 Å². The number of aryl methyl sites for hydroxylation is 2. The molecule has 6 nitrogen and oxygen atoms in total. The number of amides is 1. The Morgan fingerprint density at radius 2 is 1.60 bits per heavy atom. The lowest BCUT2D eigenvalue weighted by Crippen LogP contribution is -2.34. The third-order valence-electron chi connectivity index (χ3n) is 4.37. The Kier molecular flexibility index (Phi) is 3.93. The Bertz CT molecular complexity index is 945. The van der Waals surface area contributed by atoms with Crippen molar-refractivity contribution in [1.29, 1.82) is 0 Å². The van der Waals surface area contributed by atoms with Crippen LogP contribution in [0.4, 0.5) is 10.5 Å². The number of fused-ring (bicyclic) bond motifs is 1. The molecule has 3 aromatic rings. The molecule has 0 saturated carbocycles. The number of nitrogens with zero attached hydrogens (tertiary/aromatic N) is 4. The van der Waals surface area contributed by atoms with E-state index >= 15 is 0 Å². The molecule has 1 amide bonds. The van der Waals surface area contributed by atoms with Gasteiger partial charge in [0.1, 0.15) is 0 Å². The SMILES string of the molecule is O=C1N(c2ccccc2)Cc2nn(CCCc3ccccc3)c(=O)n21. The second-order valence-electron chi connectivity index (χ2n) is 6.05. The van der Waals surface area contributed by atoms with Gasteiger partial charge in [-0.25, -0.2) is 14.3 Å². The minimum absolute atomic E-state index is 0.323. The Morgan fingerprint density at radius 3 is 2.28 bits per heavy atom. The Balaban J connectivity index is 1.48. The third kappa shape index (κ3) is 2.87. The number of anilines is 1. The molecule has 2 aromatic carbocycles. The molecule has 0 N–H and O–H groups in total. The zero-order chi connectivity index (χ0) is 17.2. The average Bonchev–Trinajstić information content (AvgIpc) is 3.14. The molecule has 0 saturated heterocycles. The zero-order valence-electron chi connectivity index (χ0n) is 13.7. The summed E-state index contributed by atoms with van der Waals surface area (Å²) >= 11 is 0. The van der Waals surface area contributed by atoms with Crippen LogP contribution in [0.25, 0.3) is 0 Å². The lowest BCUT2D eigenvalue weighted by Gasteiger charge is -2.14. The van der Waals surface area contributed by atoms with E-state index in [1.165, 1.54) is 14.8 Å². The van der Waals surface area contributed by atoms with Crippen LogP contribution in [0.3, 0.4) is 0 Å². The summed E-state index contributed by atoms with van der Waals surface area (Å²) in [6, 6.07) is 19.1. The van der Waals surface area contributed by atoms with E-state index in [2.05, 4.69) is 17.2 Å². The molecule has 0 aliphatic carbocycles. The number of benzene rings is 2. The molecule has 126 valence electrons. The summed E-state index contributed by atoms with van der Waals surface area (Å²) in [6.07, 6.45) is 1.68. The van der Waals surface area contributed by atoms with Crippen molar-refractivity contribution in [2.75, 3.05) is 4.90 Å². The quantitative estimate of drug-likeness (QED) is 0.721. The van der Waals surface area contributed by atoms with E-state index in [4.69, 9.17) is 0 Å². The first kappa shape index (κ1) is 15.4. The summed E-state index contributed by atoms with van der Waals surface area (Å²) in [7, 11) is 0. The minimum Gasteiger partial charge on any atom is -0.286 e. The molecule has 0 bridgehead atoms. The highest BCUT2D eigenvalue weighted by Crippen LogP contribution is 2.21. The molecule has 4 rings (SSSR count). The van der Waals surface area contributed by atoms with Crippen LogP contribution in [0.1, 0.15) is 17.8 Å². The third-order valence-corrected chi connectivity index (χ3v) is 4.37. The van der Waals surface area contributed by atoms with Crippen LogP contribution >= 0.6 is 0 Å².